The van der Waals surface area contributed by atoms with Crippen molar-refractivity contribution in [2.24, 2.45) is 0 Å². The fourth-order valence-corrected chi connectivity index (χ4v) is 2.27. The van der Waals surface area contributed by atoms with Crippen LogP contribution in [0.3, 0.4) is 0 Å². The van der Waals surface area contributed by atoms with Gasteiger partial charge in [-0.1, -0.05) is 0 Å². The molecule has 1 amide bonds. The normalized spacial score (nSPS) is 10.3. The molecule has 0 unspecified atom stereocenters. The molecule has 0 saturated carbocycles. The number of anilines is 3. The van der Waals surface area contributed by atoms with Crippen molar-refractivity contribution in [1.82, 2.24) is 10.2 Å². The SMILES string of the molecule is COC(=O)c1ccc(Nc2ccc(F)c(NC(=O)c3ccoc3C)c2)nn1. The third-order valence-electron chi connectivity index (χ3n) is 3.65. The molecule has 0 atom stereocenters. The summed E-state index contributed by atoms with van der Waals surface area (Å²) < 4.78 is 23.7. The molecule has 0 bridgehead atoms. The number of rotatable bonds is 5. The number of benzene rings is 1. The molecule has 27 heavy (non-hydrogen) atoms. The van der Waals surface area contributed by atoms with E-state index >= 15 is 0 Å². The summed E-state index contributed by atoms with van der Waals surface area (Å²) in [4.78, 5) is 23.6. The third-order valence-corrected chi connectivity index (χ3v) is 3.65. The van der Waals surface area contributed by atoms with Gasteiger partial charge in [0.05, 0.1) is 24.6 Å². The van der Waals surface area contributed by atoms with E-state index < -0.39 is 17.7 Å². The number of halogens is 1. The van der Waals surface area contributed by atoms with Crippen LogP contribution in [-0.2, 0) is 4.74 Å². The number of aromatic nitrogens is 2. The molecular weight excluding hydrogens is 355 g/mol. The quantitative estimate of drug-likeness (QED) is 0.664. The number of methoxy groups -OCH3 is 1. The lowest BCUT2D eigenvalue weighted by molar-refractivity contribution is 0.0592. The second-order valence-corrected chi connectivity index (χ2v) is 5.46. The van der Waals surface area contributed by atoms with Crippen molar-refractivity contribution in [3.05, 3.63) is 65.5 Å². The number of carbonyl (C=O) groups is 2. The fraction of sp³-hybridized carbons (Fsp3) is 0.111. The Bertz CT molecular complexity index is 985. The second-order valence-electron chi connectivity index (χ2n) is 5.46. The smallest absolute Gasteiger partial charge is 0.358 e. The Balaban J connectivity index is 1.76. The molecule has 0 saturated heterocycles. The first-order valence-corrected chi connectivity index (χ1v) is 7.82. The van der Waals surface area contributed by atoms with Crippen molar-refractivity contribution in [1.29, 1.82) is 0 Å². The maximum absolute atomic E-state index is 14.0. The Morgan fingerprint density at radius 1 is 1.15 bits per heavy atom. The van der Waals surface area contributed by atoms with Crippen LogP contribution in [0.5, 0.6) is 0 Å². The molecule has 3 aromatic rings. The molecule has 8 nitrogen and oxygen atoms in total. The highest BCUT2D eigenvalue weighted by Crippen LogP contribution is 2.23. The van der Waals surface area contributed by atoms with E-state index in [2.05, 4.69) is 25.6 Å². The Kier molecular flexibility index (Phi) is 5.11. The maximum atomic E-state index is 14.0. The van der Waals surface area contributed by atoms with E-state index in [0.717, 1.165) is 0 Å². The zero-order valence-electron chi connectivity index (χ0n) is 14.4. The van der Waals surface area contributed by atoms with Gasteiger partial charge in [0.2, 0.25) is 0 Å². The van der Waals surface area contributed by atoms with Crippen molar-refractivity contribution in [2.75, 3.05) is 17.7 Å². The molecule has 2 N–H and O–H groups in total. The number of ether oxygens (including phenoxy) is 1. The van der Waals surface area contributed by atoms with Crippen molar-refractivity contribution < 1.29 is 23.1 Å². The largest absolute Gasteiger partial charge is 0.469 e. The van der Waals surface area contributed by atoms with Gasteiger partial charge < -0.3 is 19.8 Å². The van der Waals surface area contributed by atoms with Gasteiger partial charge in [0.1, 0.15) is 11.6 Å². The molecule has 3 rings (SSSR count). The van der Waals surface area contributed by atoms with E-state index in [1.54, 1.807) is 6.92 Å². The number of furan rings is 1. The zero-order chi connectivity index (χ0) is 19.4. The Morgan fingerprint density at radius 2 is 1.96 bits per heavy atom. The molecule has 0 spiro atoms. The minimum Gasteiger partial charge on any atom is -0.469 e. The number of aryl methyl sites for hydroxylation is 1. The average molecular weight is 370 g/mol. The monoisotopic (exact) mass is 370 g/mol. The highest BCUT2D eigenvalue weighted by molar-refractivity contribution is 6.05. The standard InChI is InChI=1S/C18H15FN4O4/c1-10-12(7-8-27-10)17(24)21-15-9-11(3-4-13(15)19)20-16-6-5-14(22-23-16)18(25)26-2/h3-9H,1-2H3,(H,20,23)(H,21,24). The van der Waals surface area contributed by atoms with Crippen LogP contribution in [0.2, 0.25) is 0 Å². The minimum atomic E-state index is -0.602. The van der Waals surface area contributed by atoms with Crippen molar-refractivity contribution in [3.8, 4) is 0 Å². The predicted molar refractivity (Wildman–Crippen MR) is 94.5 cm³/mol. The molecule has 0 radical (unpaired) electrons. The van der Waals surface area contributed by atoms with Gasteiger partial charge in [0.25, 0.3) is 5.91 Å². The van der Waals surface area contributed by atoms with Gasteiger partial charge >= 0.3 is 5.97 Å². The molecule has 0 aliphatic heterocycles. The molecule has 2 aromatic heterocycles. The van der Waals surface area contributed by atoms with Gasteiger partial charge in [-0.05, 0) is 43.3 Å². The molecule has 2 heterocycles. The summed E-state index contributed by atoms with van der Waals surface area (Å²) in [5, 5.41) is 13.0. The van der Waals surface area contributed by atoms with E-state index in [0.29, 0.717) is 22.8 Å². The number of nitrogens with one attached hydrogen (secondary N) is 2. The Hall–Kier alpha value is -3.75. The highest BCUT2D eigenvalue weighted by atomic mass is 19.1. The number of esters is 1. The molecule has 0 fully saturated rings. The lowest BCUT2D eigenvalue weighted by atomic mass is 10.2. The Morgan fingerprint density at radius 3 is 2.59 bits per heavy atom. The van der Waals surface area contributed by atoms with Crippen LogP contribution < -0.4 is 10.6 Å². The Labute approximate surface area is 153 Å². The van der Waals surface area contributed by atoms with Gasteiger partial charge in [0.15, 0.2) is 11.5 Å². The van der Waals surface area contributed by atoms with Crippen LogP contribution in [0.15, 0.2) is 47.1 Å². The maximum Gasteiger partial charge on any atom is 0.358 e. The summed E-state index contributed by atoms with van der Waals surface area (Å²) >= 11 is 0. The van der Waals surface area contributed by atoms with Crippen molar-refractivity contribution in [2.45, 2.75) is 6.92 Å². The van der Waals surface area contributed by atoms with Gasteiger partial charge in [-0.25, -0.2) is 9.18 Å². The van der Waals surface area contributed by atoms with E-state index in [1.807, 2.05) is 0 Å². The average Bonchev–Trinajstić information content (AvgIpc) is 3.10. The van der Waals surface area contributed by atoms with Gasteiger partial charge in [0, 0.05) is 5.69 Å². The van der Waals surface area contributed by atoms with Crippen molar-refractivity contribution >= 4 is 29.1 Å². The second kappa shape index (κ2) is 7.65. The first kappa shape index (κ1) is 18.1. The van der Waals surface area contributed by atoms with Crippen LogP contribution in [0.25, 0.3) is 0 Å². The fourth-order valence-electron chi connectivity index (χ4n) is 2.27. The number of carbonyl (C=O) groups excluding carboxylic acids is 2. The molecule has 9 heteroatoms. The van der Waals surface area contributed by atoms with E-state index in [4.69, 9.17) is 4.42 Å². The summed E-state index contributed by atoms with van der Waals surface area (Å²) in [7, 11) is 1.25. The van der Waals surface area contributed by atoms with Gasteiger partial charge in [-0.3, -0.25) is 4.79 Å². The summed E-state index contributed by atoms with van der Waals surface area (Å²) in [6.45, 7) is 1.64. The van der Waals surface area contributed by atoms with Crippen LogP contribution in [0, 0.1) is 12.7 Å². The first-order valence-electron chi connectivity index (χ1n) is 7.82. The first-order chi connectivity index (χ1) is 13.0. The minimum absolute atomic E-state index is 0.00950. The summed E-state index contributed by atoms with van der Waals surface area (Å²) in [5.74, 6) is -0.919. The third kappa shape index (κ3) is 4.09. The van der Waals surface area contributed by atoms with E-state index in [-0.39, 0.29) is 11.4 Å². The van der Waals surface area contributed by atoms with E-state index in [1.165, 1.54) is 49.8 Å². The molecular formula is C18H15FN4O4. The molecule has 1 aromatic carbocycles. The predicted octanol–water partition coefficient (Wildman–Crippen LogP) is 3.30. The highest BCUT2D eigenvalue weighted by Gasteiger charge is 2.14. The topological polar surface area (TPSA) is 106 Å². The number of amides is 1. The van der Waals surface area contributed by atoms with Crippen LogP contribution in [0.4, 0.5) is 21.6 Å². The lowest BCUT2D eigenvalue weighted by Gasteiger charge is -2.10. The van der Waals surface area contributed by atoms with E-state index in [9.17, 15) is 14.0 Å². The lowest BCUT2D eigenvalue weighted by Crippen LogP contribution is -2.13. The summed E-state index contributed by atoms with van der Waals surface area (Å²) in [6.07, 6.45) is 1.38. The van der Waals surface area contributed by atoms with Crippen molar-refractivity contribution in [3.63, 3.8) is 0 Å². The van der Waals surface area contributed by atoms with Gasteiger partial charge in [-0.2, -0.15) is 0 Å². The molecule has 0 aliphatic carbocycles. The van der Waals surface area contributed by atoms with Crippen LogP contribution in [0.1, 0.15) is 26.6 Å². The molecule has 138 valence electrons. The zero-order valence-corrected chi connectivity index (χ0v) is 14.4. The van der Waals surface area contributed by atoms with Crippen LogP contribution >= 0.6 is 0 Å². The van der Waals surface area contributed by atoms with Crippen LogP contribution in [-0.4, -0.2) is 29.2 Å². The summed E-state index contributed by atoms with van der Waals surface area (Å²) in [6, 6.07) is 8.56. The van der Waals surface area contributed by atoms with Gasteiger partial charge in [-0.15, -0.1) is 10.2 Å². The summed E-state index contributed by atoms with van der Waals surface area (Å²) in [5.41, 5.74) is 0.836. The number of hydrogen-bond donors (Lipinski definition) is 2. The molecule has 0 aliphatic rings. The number of hydrogen-bond acceptors (Lipinski definition) is 7. The number of nitrogens with zero attached hydrogens (tertiary/aromatic N) is 2.